The molecular formula is C22H25FN2O2. The number of amides is 2. The second-order valence-corrected chi connectivity index (χ2v) is 7.10. The highest BCUT2D eigenvalue weighted by molar-refractivity contribution is 5.93. The first-order valence-electron chi connectivity index (χ1n) is 9.45. The Morgan fingerprint density at radius 1 is 1.15 bits per heavy atom. The van der Waals surface area contributed by atoms with Crippen LogP contribution in [0.1, 0.15) is 49.3 Å². The minimum atomic E-state index is -0.840. The summed E-state index contributed by atoms with van der Waals surface area (Å²) in [6.07, 6.45) is 5.90. The first kappa shape index (κ1) is 19.1. The molecule has 2 aromatic rings. The zero-order valence-corrected chi connectivity index (χ0v) is 15.5. The molecule has 2 aromatic carbocycles. The molecule has 0 aromatic heterocycles. The molecule has 1 atom stereocenters. The first-order valence-corrected chi connectivity index (χ1v) is 9.45. The molecule has 0 heterocycles. The number of hydrogen-bond donors (Lipinski definition) is 1. The van der Waals surface area contributed by atoms with Gasteiger partial charge in [0.05, 0.1) is 0 Å². The Bertz CT molecular complexity index is 802. The van der Waals surface area contributed by atoms with Crippen molar-refractivity contribution >= 4 is 18.0 Å². The summed E-state index contributed by atoms with van der Waals surface area (Å²) in [5.74, 6) is -0.678. The third-order valence-corrected chi connectivity index (χ3v) is 5.18. The van der Waals surface area contributed by atoms with Crippen LogP contribution in [0.25, 0.3) is 0 Å². The van der Waals surface area contributed by atoms with Gasteiger partial charge in [-0.25, -0.2) is 4.39 Å². The number of carbonyl (C=O) groups is 2. The van der Waals surface area contributed by atoms with E-state index in [0.717, 1.165) is 36.8 Å². The van der Waals surface area contributed by atoms with Gasteiger partial charge in [0.2, 0.25) is 12.3 Å². The van der Waals surface area contributed by atoms with Crippen molar-refractivity contribution in [2.24, 2.45) is 0 Å². The summed E-state index contributed by atoms with van der Waals surface area (Å²) in [5, 5.41) is 3.11. The average molecular weight is 368 g/mol. The molecule has 2 amide bonds. The minimum Gasteiger partial charge on any atom is -0.351 e. The zero-order valence-electron chi connectivity index (χ0n) is 15.5. The quantitative estimate of drug-likeness (QED) is 0.774. The van der Waals surface area contributed by atoms with Crippen LogP contribution in [0.2, 0.25) is 0 Å². The monoisotopic (exact) mass is 368 g/mol. The summed E-state index contributed by atoms with van der Waals surface area (Å²) in [6, 6.07) is 12.5. The Balaban J connectivity index is 1.97. The molecule has 1 fully saturated rings. The van der Waals surface area contributed by atoms with Gasteiger partial charge in [0.25, 0.3) is 0 Å². The fourth-order valence-electron chi connectivity index (χ4n) is 3.75. The van der Waals surface area contributed by atoms with Crippen molar-refractivity contribution in [1.82, 2.24) is 5.32 Å². The number of hydrogen-bond acceptors (Lipinski definition) is 2. The lowest BCUT2D eigenvalue weighted by molar-refractivity contribution is -0.125. The molecule has 0 radical (unpaired) electrons. The van der Waals surface area contributed by atoms with E-state index in [9.17, 15) is 14.0 Å². The van der Waals surface area contributed by atoms with Gasteiger partial charge in [-0.05, 0) is 49.1 Å². The normalized spacial score (nSPS) is 15.8. The molecule has 0 aliphatic heterocycles. The van der Waals surface area contributed by atoms with Crippen molar-refractivity contribution in [3.05, 3.63) is 65.5 Å². The summed E-state index contributed by atoms with van der Waals surface area (Å²) in [6.45, 7) is 1.91. The van der Waals surface area contributed by atoms with Crippen LogP contribution in [-0.2, 0) is 9.59 Å². The standard InChI is InChI=1S/C22H25FN2O2/c1-16-8-5-6-13-20(16)21(22(27)24-18-10-3-2-4-11-18)25(15-26)19-12-7-9-17(23)14-19/h5-9,12-15,18,21H,2-4,10-11H2,1H3,(H,24,27). The van der Waals surface area contributed by atoms with Gasteiger partial charge in [-0.1, -0.05) is 49.6 Å². The maximum Gasteiger partial charge on any atom is 0.248 e. The molecule has 4 nitrogen and oxygen atoms in total. The van der Waals surface area contributed by atoms with Crippen LogP contribution in [0, 0.1) is 12.7 Å². The van der Waals surface area contributed by atoms with Crippen LogP contribution in [0.15, 0.2) is 48.5 Å². The van der Waals surface area contributed by atoms with E-state index < -0.39 is 11.9 Å². The third-order valence-electron chi connectivity index (χ3n) is 5.18. The molecular weight excluding hydrogens is 343 g/mol. The van der Waals surface area contributed by atoms with Crippen molar-refractivity contribution in [3.8, 4) is 0 Å². The highest BCUT2D eigenvalue weighted by atomic mass is 19.1. The summed E-state index contributed by atoms with van der Waals surface area (Å²) in [7, 11) is 0. The lowest BCUT2D eigenvalue weighted by Gasteiger charge is -2.31. The molecule has 0 spiro atoms. The van der Waals surface area contributed by atoms with Gasteiger partial charge in [-0.2, -0.15) is 0 Å². The summed E-state index contributed by atoms with van der Waals surface area (Å²) < 4.78 is 13.7. The number of benzene rings is 2. The van der Waals surface area contributed by atoms with E-state index in [1.807, 2.05) is 31.2 Å². The fraction of sp³-hybridized carbons (Fsp3) is 0.364. The van der Waals surface area contributed by atoms with Crippen molar-refractivity contribution in [2.75, 3.05) is 4.90 Å². The second kappa shape index (κ2) is 8.80. The topological polar surface area (TPSA) is 49.4 Å². The predicted molar refractivity (Wildman–Crippen MR) is 104 cm³/mol. The van der Waals surface area contributed by atoms with Gasteiger partial charge >= 0.3 is 0 Å². The molecule has 0 bridgehead atoms. The number of carbonyl (C=O) groups excluding carboxylic acids is 2. The summed E-state index contributed by atoms with van der Waals surface area (Å²) in [4.78, 5) is 26.5. The number of nitrogens with one attached hydrogen (secondary N) is 1. The zero-order chi connectivity index (χ0) is 19.2. The molecule has 1 aliphatic carbocycles. The molecule has 0 saturated heterocycles. The minimum absolute atomic E-state index is 0.124. The first-order chi connectivity index (χ1) is 13.1. The molecule has 1 unspecified atom stereocenters. The molecule has 27 heavy (non-hydrogen) atoms. The van der Waals surface area contributed by atoms with Gasteiger partial charge in [0.15, 0.2) is 0 Å². The number of halogens is 1. The maximum atomic E-state index is 13.7. The lowest BCUT2D eigenvalue weighted by Crippen LogP contribution is -2.45. The maximum absolute atomic E-state index is 13.7. The van der Waals surface area contributed by atoms with E-state index in [2.05, 4.69) is 5.32 Å². The van der Waals surface area contributed by atoms with Crippen LogP contribution in [0.3, 0.4) is 0 Å². The average Bonchev–Trinajstić information content (AvgIpc) is 2.67. The van der Waals surface area contributed by atoms with Gasteiger partial charge in [-0.15, -0.1) is 0 Å². The second-order valence-electron chi connectivity index (χ2n) is 7.10. The largest absolute Gasteiger partial charge is 0.351 e. The lowest BCUT2D eigenvalue weighted by atomic mass is 9.94. The van der Waals surface area contributed by atoms with Gasteiger partial charge in [0, 0.05) is 11.7 Å². The number of rotatable bonds is 6. The Labute approximate surface area is 159 Å². The highest BCUT2D eigenvalue weighted by Gasteiger charge is 2.31. The number of aryl methyl sites for hydroxylation is 1. The molecule has 142 valence electrons. The highest BCUT2D eigenvalue weighted by Crippen LogP contribution is 2.29. The van der Waals surface area contributed by atoms with Gasteiger partial charge < -0.3 is 5.32 Å². The summed E-state index contributed by atoms with van der Waals surface area (Å²) >= 11 is 0. The number of anilines is 1. The van der Waals surface area contributed by atoms with Crippen molar-refractivity contribution in [1.29, 1.82) is 0 Å². The molecule has 1 aliphatic rings. The molecule has 3 rings (SSSR count). The fourth-order valence-corrected chi connectivity index (χ4v) is 3.75. The van der Waals surface area contributed by atoms with Gasteiger partial charge in [-0.3, -0.25) is 14.5 Å². The molecule has 1 saturated carbocycles. The molecule has 5 heteroatoms. The predicted octanol–water partition coefficient (Wildman–Crippen LogP) is 4.29. The van der Waals surface area contributed by atoms with E-state index in [1.165, 1.54) is 29.5 Å². The van der Waals surface area contributed by atoms with Gasteiger partial charge in [0.1, 0.15) is 11.9 Å². The van der Waals surface area contributed by atoms with Crippen LogP contribution in [-0.4, -0.2) is 18.4 Å². The van der Waals surface area contributed by atoms with Crippen molar-refractivity contribution in [2.45, 2.75) is 51.1 Å². The van der Waals surface area contributed by atoms with Crippen LogP contribution >= 0.6 is 0 Å². The van der Waals surface area contributed by atoms with E-state index in [-0.39, 0.29) is 11.9 Å². The van der Waals surface area contributed by atoms with Crippen LogP contribution in [0.4, 0.5) is 10.1 Å². The van der Waals surface area contributed by atoms with E-state index in [0.29, 0.717) is 12.1 Å². The van der Waals surface area contributed by atoms with Crippen LogP contribution < -0.4 is 10.2 Å². The Morgan fingerprint density at radius 3 is 2.56 bits per heavy atom. The summed E-state index contributed by atoms with van der Waals surface area (Å²) in [5.41, 5.74) is 2.00. The molecule has 1 N–H and O–H groups in total. The third kappa shape index (κ3) is 4.54. The number of nitrogens with zero attached hydrogens (tertiary/aromatic N) is 1. The Morgan fingerprint density at radius 2 is 1.89 bits per heavy atom. The van der Waals surface area contributed by atoms with Crippen molar-refractivity contribution in [3.63, 3.8) is 0 Å². The van der Waals surface area contributed by atoms with E-state index >= 15 is 0 Å². The van der Waals surface area contributed by atoms with E-state index in [1.54, 1.807) is 6.07 Å². The smallest absolute Gasteiger partial charge is 0.248 e. The SMILES string of the molecule is Cc1ccccc1C(C(=O)NC1CCCCC1)N(C=O)c1cccc(F)c1. The Hall–Kier alpha value is -2.69. The van der Waals surface area contributed by atoms with Crippen LogP contribution in [0.5, 0.6) is 0 Å². The Kier molecular flexibility index (Phi) is 6.22. The van der Waals surface area contributed by atoms with E-state index in [4.69, 9.17) is 0 Å². The van der Waals surface area contributed by atoms with Crippen molar-refractivity contribution < 1.29 is 14.0 Å².